The second-order valence-corrected chi connectivity index (χ2v) is 4.60. The van der Waals surface area contributed by atoms with Gasteiger partial charge < -0.3 is 9.53 Å². The minimum absolute atomic E-state index is 0.151. The van der Waals surface area contributed by atoms with Gasteiger partial charge in [0.05, 0.1) is 7.11 Å². The van der Waals surface area contributed by atoms with Crippen LogP contribution < -0.4 is 4.74 Å². The highest BCUT2D eigenvalue weighted by atomic mass is 16.5. The number of aryl methyl sites for hydroxylation is 1. The van der Waals surface area contributed by atoms with Gasteiger partial charge in [-0.1, -0.05) is 19.1 Å². The van der Waals surface area contributed by atoms with Crippen LogP contribution in [0.1, 0.15) is 24.5 Å². The maximum absolute atomic E-state index is 10.8. The van der Waals surface area contributed by atoms with Crippen molar-refractivity contribution in [1.29, 1.82) is 0 Å². The minimum Gasteiger partial charge on any atom is -0.496 e. The number of rotatable bonds is 3. The molecule has 0 amide bonds. The molecule has 2 atom stereocenters. The average molecular weight is 218 g/mol. The van der Waals surface area contributed by atoms with E-state index in [-0.39, 0.29) is 5.92 Å². The number of ether oxygens (including phenoxy) is 1. The number of fused-ring (bicyclic) bond motifs is 1. The fourth-order valence-corrected chi connectivity index (χ4v) is 2.53. The van der Waals surface area contributed by atoms with E-state index in [4.69, 9.17) is 4.74 Å². The first-order valence-corrected chi connectivity index (χ1v) is 5.86. The van der Waals surface area contributed by atoms with Crippen LogP contribution in [0.3, 0.4) is 0 Å². The molecule has 2 unspecified atom stereocenters. The van der Waals surface area contributed by atoms with E-state index in [1.807, 2.05) is 19.1 Å². The summed E-state index contributed by atoms with van der Waals surface area (Å²) < 4.78 is 5.39. The van der Waals surface area contributed by atoms with Gasteiger partial charge in [-0.15, -0.1) is 0 Å². The molecular weight excluding hydrogens is 200 g/mol. The zero-order valence-corrected chi connectivity index (χ0v) is 9.90. The highest BCUT2D eigenvalue weighted by Gasteiger charge is 2.25. The minimum atomic E-state index is 0.151. The van der Waals surface area contributed by atoms with Crippen LogP contribution in [0, 0.1) is 11.8 Å². The Bertz CT molecular complexity index is 370. The summed E-state index contributed by atoms with van der Waals surface area (Å²) in [5, 5.41) is 0. The van der Waals surface area contributed by atoms with Gasteiger partial charge in [-0.25, -0.2) is 0 Å². The fourth-order valence-electron chi connectivity index (χ4n) is 2.53. The molecule has 16 heavy (non-hydrogen) atoms. The van der Waals surface area contributed by atoms with Crippen LogP contribution in [0.5, 0.6) is 5.75 Å². The predicted molar refractivity (Wildman–Crippen MR) is 63.7 cm³/mol. The highest BCUT2D eigenvalue weighted by molar-refractivity contribution is 5.54. The summed E-state index contributed by atoms with van der Waals surface area (Å²) in [6, 6.07) is 6.22. The van der Waals surface area contributed by atoms with Gasteiger partial charge in [-0.2, -0.15) is 0 Å². The lowest BCUT2D eigenvalue weighted by molar-refractivity contribution is -0.112. The molecule has 1 aromatic carbocycles. The molecule has 0 radical (unpaired) electrons. The Kier molecular flexibility index (Phi) is 3.28. The Labute approximate surface area is 96.6 Å². The van der Waals surface area contributed by atoms with E-state index >= 15 is 0 Å². The van der Waals surface area contributed by atoms with Crippen LogP contribution in [0.15, 0.2) is 18.2 Å². The van der Waals surface area contributed by atoms with Crippen molar-refractivity contribution in [2.45, 2.75) is 26.2 Å². The molecule has 2 rings (SSSR count). The summed E-state index contributed by atoms with van der Waals surface area (Å²) in [6.45, 7) is 2.01. The molecule has 1 aliphatic carbocycles. The molecule has 0 aliphatic heterocycles. The van der Waals surface area contributed by atoms with Gasteiger partial charge in [0.1, 0.15) is 12.0 Å². The van der Waals surface area contributed by atoms with Gasteiger partial charge in [-0.3, -0.25) is 0 Å². The third kappa shape index (κ3) is 1.97. The molecule has 0 spiro atoms. The molecule has 1 aromatic rings. The topological polar surface area (TPSA) is 26.3 Å². The molecule has 0 aromatic heterocycles. The molecule has 2 nitrogen and oxygen atoms in total. The summed E-state index contributed by atoms with van der Waals surface area (Å²) >= 11 is 0. The molecule has 0 fully saturated rings. The van der Waals surface area contributed by atoms with Crippen LogP contribution >= 0.6 is 0 Å². The summed E-state index contributed by atoms with van der Waals surface area (Å²) in [5.74, 6) is 1.60. The molecule has 0 heterocycles. The number of hydrogen-bond donors (Lipinski definition) is 0. The zero-order valence-electron chi connectivity index (χ0n) is 9.90. The van der Waals surface area contributed by atoms with Gasteiger partial charge in [-0.05, 0) is 42.4 Å². The van der Waals surface area contributed by atoms with E-state index in [1.165, 1.54) is 11.1 Å². The Hall–Kier alpha value is -1.31. The van der Waals surface area contributed by atoms with Gasteiger partial charge in [0.25, 0.3) is 0 Å². The molecule has 86 valence electrons. The first kappa shape index (κ1) is 11.2. The Morgan fingerprint density at radius 3 is 3.00 bits per heavy atom. The van der Waals surface area contributed by atoms with Crippen LogP contribution in [-0.4, -0.2) is 13.4 Å². The maximum Gasteiger partial charge on any atom is 0.123 e. The molecule has 0 saturated carbocycles. The smallest absolute Gasteiger partial charge is 0.123 e. The third-order valence-electron chi connectivity index (χ3n) is 3.66. The van der Waals surface area contributed by atoms with E-state index in [1.54, 1.807) is 7.11 Å². The average Bonchev–Trinajstić information content (AvgIpc) is 2.36. The number of benzene rings is 1. The van der Waals surface area contributed by atoms with Gasteiger partial charge >= 0.3 is 0 Å². The Balaban J connectivity index is 2.27. The largest absolute Gasteiger partial charge is 0.496 e. The lowest BCUT2D eigenvalue weighted by Gasteiger charge is -2.27. The quantitative estimate of drug-likeness (QED) is 0.729. The normalized spacial score (nSPS) is 21.0. The molecule has 0 saturated heterocycles. The summed E-state index contributed by atoms with van der Waals surface area (Å²) in [6.07, 6.45) is 4.22. The van der Waals surface area contributed by atoms with Crippen molar-refractivity contribution in [1.82, 2.24) is 0 Å². The molecule has 1 aliphatic rings. The second kappa shape index (κ2) is 4.69. The predicted octanol–water partition coefficient (Wildman–Crippen LogP) is 2.64. The maximum atomic E-state index is 10.8. The van der Waals surface area contributed by atoms with Crippen molar-refractivity contribution >= 4 is 6.29 Å². The van der Waals surface area contributed by atoms with Crippen molar-refractivity contribution < 1.29 is 9.53 Å². The number of carbonyl (C=O) groups excluding carboxylic acids is 1. The summed E-state index contributed by atoms with van der Waals surface area (Å²) in [7, 11) is 1.71. The van der Waals surface area contributed by atoms with Crippen LogP contribution in [0.25, 0.3) is 0 Å². The van der Waals surface area contributed by atoms with Crippen LogP contribution in [0.2, 0.25) is 0 Å². The van der Waals surface area contributed by atoms with Crippen molar-refractivity contribution in [2.24, 2.45) is 11.8 Å². The van der Waals surface area contributed by atoms with E-state index in [0.717, 1.165) is 31.3 Å². The van der Waals surface area contributed by atoms with Crippen molar-refractivity contribution in [3.63, 3.8) is 0 Å². The van der Waals surface area contributed by atoms with E-state index < -0.39 is 0 Å². The fraction of sp³-hybridized carbons (Fsp3) is 0.500. The number of carbonyl (C=O) groups is 1. The Morgan fingerprint density at radius 1 is 1.50 bits per heavy atom. The monoisotopic (exact) mass is 218 g/mol. The van der Waals surface area contributed by atoms with Gasteiger partial charge in [0.15, 0.2) is 0 Å². The number of methoxy groups -OCH3 is 1. The summed E-state index contributed by atoms with van der Waals surface area (Å²) in [4.78, 5) is 10.8. The third-order valence-corrected chi connectivity index (χ3v) is 3.66. The van der Waals surface area contributed by atoms with Gasteiger partial charge in [0.2, 0.25) is 0 Å². The van der Waals surface area contributed by atoms with Crippen molar-refractivity contribution in [3.8, 4) is 5.75 Å². The van der Waals surface area contributed by atoms with E-state index in [9.17, 15) is 4.79 Å². The SMILES string of the molecule is COc1cccc2c1CC(C(C)C=O)CC2. The first-order valence-electron chi connectivity index (χ1n) is 5.86. The molecule has 2 heteroatoms. The van der Waals surface area contributed by atoms with Crippen molar-refractivity contribution in [2.75, 3.05) is 7.11 Å². The van der Waals surface area contributed by atoms with E-state index in [0.29, 0.717) is 5.92 Å². The molecule has 0 N–H and O–H groups in total. The molecular formula is C14H18O2. The zero-order chi connectivity index (χ0) is 11.5. The second-order valence-electron chi connectivity index (χ2n) is 4.60. The number of aldehydes is 1. The highest BCUT2D eigenvalue weighted by Crippen LogP contribution is 2.34. The van der Waals surface area contributed by atoms with Crippen LogP contribution in [-0.2, 0) is 17.6 Å². The van der Waals surface area contributed by atoms with E-state index in [2.05, 4.69) is 6.07 Å². The van der Waals surface area contributed by atoms with Gasteiger partial charge in [0, 0.05) is 5.92 Å². The first-order chi connectivity index (χ1) is 7.76. The molecule has 0 bridgehead atoms. The van der Waals surface area contributed by atoms with Crippen LogP contribution in [0.4, 0.5) is 0 Å². The lowest BCUT2D eigenvalue weighted by Crippen LogP contribution is -2.22. The Morgan fingerprint density at radius 2 is 2.31 bits per heavy atom. The summed E-state index contributed by atoms with van der Waals surface area (Å²) in [5.41, 5.74) is 2.68. The van der Waals surface area contributed by atoms with Crippen molar-refractivity contribution in [3.05, 3.63) is 29.3 Å². The number of hydrogen-bond acceptors (Lipinski definition) is 2. The standard InChI is InChI=1S/C14H18O2/c1-10(9-15)12-7-6-11-4-3-5-14(16-2)13(11)8-12/h3-5,9-10,12H,6-8H2,1-2H3. The lowest BCUT2D eigenvalue weighted by atomic mass is 9.78.